The number of hydrogen-bond donors (Lipinski definition) is 0. The molecule has 1 aliphatic carbocycles. The van der Waals surface area contributed by atoms with Gasteiger partial charge in [0.1, 0.15) is 0 Å². The molecule has 0 saturated carbocycles. The number of carbonyl (C=O) groups excluding carboxylic acids is 2. The van der Waals surface area contributed by atoms with Crippen LogP contribution in [0.15, 0.2) is 95.9 Å². The number of hydrogen-bond acceptors (Lipinski definition) is 4. The van der Waals surface area contributed by atoms with E-state index in [1.54, 1.807) is 24.3 Å². The van der Waals surface area contributed by atoms with Crippen molar-refractivity contribution in [3.63, 3.8) is 0 Å². The molecule has 1 atom stereocenters. The van der Waals surface area contributed by atoms with E-state index in [2.05, 4.69) is 6.08 Å². The first kappa shape index (κ1) is 16.8. The summed E-state index contributed by atoms with van der Waals surface area (Å²) in [5, 5.41) is 0. The molecule has 4 heteroatoms. The van der Waals surface area contributed by atoms with Gasteiger partial charge in [-0.05, 0) is 43.0 Å². The summed E-state index contributed by atoms with van der Waals surface area (Å²) in [6, 6.07) is 18.1. The lowest BCUT2D eigenvalue weighted by Crippen LogP contribution is -2.48. The molecule has 0 amide bonds. The Kier molecular flexibility index (Phi) is 3.79. The van der Waals surface area contributed by atoms with Crippen LogP contribution in [0.2, 0.25) is 0 Å². The largest absolute Gasteiger partial charge is 0.422 e. The Hall–Kier alpha value is -3.40. The number of ether oxygens (including phenoxy) is 1. The first-order valence-electron chi connectivity index (χ1n) is 9.51. The van der Waals surface area contributed by atoms with Gasteiger partial charge in [-0.25, -0.2) is 4.79 Å². The number of Topliss-reactive ketones (excluding diaryl/α,β-unsaturated/α-hetero) is 1. The van der Waals surface area contributed by atoms with Crippen molar-refractivity contribution in [2.45, 2.75) is 25.0 Å². The lowest BCUT2D eigenvalue weighted by Gasteiger charge is -2.39. The molecule has 4 nitrogen and oxygen atoms in total. The summed E-state index contributed by atoms with van der Waals surface area (Å²) in [7, 11) is 0. The van der Waals surface area contributed by atoms with Crippen LogP contribution in [0.5, 0.6) is 0 Å². The molecule has 1 unspecified atom stereocenters. The Balaban J connectivity index is 1.67. The van der Waals surface area contributed by atoms with Crippen molar-refractivity contribution < 1.29 is 14.3 Å². The Morgan fingerprint density at radius 1 is 0.964 bits per heavy atom. The number of nitrogens with zero attached hydrogens (tertiary/aromatic N) is 1. The van der Waals surface area contributed by atoms with E-state index in [1.807, 2.05) is 53.6 Å². The SMILES string of the molecule is O=C(OC1(c2ccccc2)C(=O)C2=C3C(=CC=CN31)CCC2)c1ccccc1. The van der Waals surface area contributed by atoms with E-state index in [0.717, 1.165) is 29.7 Å². The number of esters is 1. The molecule has 2 aromatic rings. The second kappa shape index (κ2) is 6.34. The van der Waals surface area contributed by atoms with Crippen LogP contribution in [0.3, 0.4) is 0 Å². The Labute approximate surface area is 163 Å². The van der Waals surface area contributed by atoms with Crippen molar-refractivity contribution >= 4 is 11.8 Å². The molecule has 0 saturated heterocycles. The molecule has 0 bridgehead atoms. The third-order valence-corrected chi connectivity index (χ3v) is 5.57. The van der Waals surface area contributed by atoms with Gasteiger partial charge in [0.2, 0.25) is 5.78 Å². The van der Waals surface area contributed by atoms with Crippen LogP contribution in [-0.4, -0.2) is 16.7 Å². The first-order chi connectivity index (χ1) is 13.7. The molecule has 2 aromatic carbocycles. The van der Waals surface area contributed by atoms with E-state index in [1.165, 1.54) is 0 Å². The number of rotatable bonds is 3. The van der Waals surface area contributed by atoms with Gasteiger partial charge in [-0.1, -0.05) is 54.6 Å². The van der Waals surface area contributed by atoms with Gasteiger partial charge in [-0.15, -0.1) is 0 Å². The average Bonchev–Trinajstić information content (AvgIpc) is 3.00. The van der Waals surface area contributed by atoms with Gasteiger partial charge >= 0.3 is 5.97 Å². The predicted octanol–water partition coefficient (Wildman–Crippen LogP) is 4.47. The van der Waals surface area contributed by atoms with Crippen molar-refractivity contribution in [2.24, 2.45) is 0 Å². The lowest BCUT2D eigenvalue weighted by molar-refractivity contribution is -0.147. The first-order valence-corrected chi connectivity index (χ1v) is 9.51. The quantitative estimate of drug-likeness (QED) is 0.749. The maximum absolute atomic E-state index is 13.7. The molecular formula is C24H19NO3. The van der Waals surface area contributed by atoms with E-state index >= 15 is 0 Å². The average molecular weight is 369 g/mol. The minimum absolute atomic E-state index is 0.143. The smallest absolute Gasteiger partial charge is 0.340 e. The Morgan fingerprint density at radius 3 is 2.43 bits per heavy atom. The highest BCUT2D eigenvalue weighted by atomic mass is 16.6. The van der Waals surface area contributed by atoms with Gasteiger partial charge in [0.05, 0.1) is 11.3 Å². The predicted molar refractivity (Wildman–Crippen MR) is 105 cm³/mol. The summed E-state index contributed by atoms with van der Waals surface area (Å²) in [6.07, 6.45) is 8.38. The van der Waals surface area contributed by atoms with Crippen LogP contribution in [-0.2, 0) is 15.3 Å². The van der Waals surface area contributed by atoms with E-state index in [4.69, 9.17) is 4.74 Å². The number of allylic oxidation sites excluding steroid dienone is 3. The van der Waals surface area contributed by atoms with Gasteiger partial charge in [0, 0.05) is 17.3 Å². The fourth-order valence-electron chi connectivity index (χ4n) is 4.32. The van der Waals surface area contributed by atoms with Crippen LogP contribution in [0.4, 0.5) is 0 Å². The highest BCUT2D eigenvalue weighted by Gasteiger charge is 2.58. The highest BCUT2D eigenvalue weighted by molar-refractivity contribution is 6.08. The zero-order valence-electron chi connectivity index (χ0n) is 15.3. The van der Waals surface area contributed by atoms with Gasteiger partial charge in [-0.2, -0.15) is 0 Å². The van der Waals surface area contributed by atoms with Gasteiger partial charge in [-0.3, -0.25) is 9.69 Å². The molecule has 0 radical (unpaired) electrons. The number of benzene rings is 2. The molecule has 138 valence electrons. The summed E-state index contributed by atoms with van der Waals surface area (Å²) in [5.41, 5.74) is 2.37. The molecule has 0 aromatic heterocycles. The third-order valence-electron chi connectivity index (χ3n) is 5.57. The minimum Gasteiger partial charge on any atom is -0.422 e. The Bertz CT molecular complexity index is 1050. The van der Waals surface area contributed by atoms with E-state index in [0.29, 0.717) is 17.5 Å². The van der Waals surface area contributed by atoms with E-state index < -0.39 is 11.7 Å². The molecule has 0 N–H and O–H groups in total. The molecule has 2 heterocycles. The zero-order chi connectivity index (χ0) is 19.1. The van der Waals surface area contributed by atoms with Gasteiger partial charge in [0.15, 0.2) is 0 Å². The summed E-state index contributed by atoms with van der Waals surface area (Å²) in [5.74, 6) is -0.655. The molecule has 28 heavy (non-hydrogen) atoms. The van der Waals surface area contributed by atoms with Crippen molar-refractivity contribution in [3.8, 4) is 0 Å². The second-order valence-corrected chi connectivity index (χ2v) is 7.18. The summed E-state index contributed by atoms with van der Waals surface area (Å²) in [4.78, 5) is 28.6. The maximum atomic E-state index is 13.7. The topological polar surface area (TPSA) is 46.6 Å². The summed E-state index contributed by atoms with van der Waals surface area (Å²) < 4.78 is 6.08. The second-order valence-electron chi connectivity index (χ2n) is 7.18. The number of carbonyl (C=O) groups is 2. The fraction of sp³-hybridized carbons (Fsp3) is 0.167. The highest BCUT2D eigenvalue weighted by Crippen LogP contribution is 2.50. The van der Waals surface area contributed by atoms with Crippen molar-refractivity contribution in [1.82, 2.24) is 4.90 Å². The van der Waals surface area contributed by atoms with E-state index in [-0.39, 0.29) is 5.78 Å². The Morgan fingerprint density at radius 2 is 1.68 bits per heavy atom. The van der Waals surface area contributed by atoms with Crippen LogP contribution < -0.4 is 0 Å². The van der Waals surface area contributed by atoms with Gasteiger partial charge in [0.25, 0.3) is 5.72 Å². The standard InChI is InChI=1S/C24H19NO3/c26-22-20-15-7-11-17-12-8-16-25(21(17)20)24(22,19-13-5-2-6-14-19)28-23(27)18-9-3-1-4-10-18/h1-6,8-10,12-14,16H,7,11,15H2. The van der Waals surface area contributed by atoms with Gasteiger partial charge < -0.3 is 4.74 Å². The van der Waals surface area contributed by atoms with Crippen molar-refractivity contribution in [1.29, 1.82) is 0 Å². The normalized spacial score (nSPS) is 22.8. The van der Waals surface area contributed by atoms with E-state index in [9.17, 15) is 9.59 Å². The number of ketones is 1. The summed E-state index contributed by atoms with van der Waals surface area (Å²) in [6.45, 7) is 0. The van der Waals surface area contributed by atoms with Crippen LogP contribution in [0, 0.1) is 0 Å². The zero-order valence-corrected chi connectivity index (χ0v) is 15.3. The minimum atomic E-state index is -1.50. The van der Waals surface area contributed by atoms with Crippen molar-refractivity contribution in [2.75, 3.05) is 0 Å². The monoisotopic (exact) mass is 369 g/mol. The molecule has 3 aliphatic rings. The molecule has 2 aliphatic heterocycles. The lowest BCUT2D eigenvalue weighted by atomic mass is 9.89. The maximum Gasteiger partial charge on any atom is 0.340 e. The molecule has 5 rings (SSSR count). The molecule has 0 fully saturated rings. The third kappa shape index (κ3) is 2.31. The van der Waals surface area contributed by atoms with Crippen molar-refractivity contribution in [3.05, 3.63) is 107 Å². The van der Waals surface area contributed by atoms with Crippen LogP contribution in [0.1, 0.15) is 35.2 Å². The van der Waals surface area contributed by atoms with Crippen LogP contribution >= 0.6 is 0 Å². The summed E-state index contributed by atoms with van der Waals surface area (Å²) >= 11 is 0. The molecular weight excluding hydrogens is 350 g/mol. The molecule has 0 spiro atoms. The van der Waals surface area contributed by atoms with Crippen LogP contribution in [0.25, 0.3) is 0 Å². The fourth-order valence-corrected chi connectivity index (χ4v) is 4.32.